The fourth-order valence-electron chi connectivity index (χ4n) is 3.69. The second-order valence-electron chi connectivity index (χ2n) is 7.52. The molecule has 32 heavy (non-hydrogen) atoms. The minimum absolute atomic E-state index is 0.0142. The zero-order chi connectivity index (χ0) is 22.5. The van der Waals surface area contributed by atoms with Gasteiger partial charge >= 0.3 is 0 Å². The van der Waals surface area contributed by atoms with Gasteiger partial charge in [0.25, 0.3) is 0 Å². The molecule has 4 aromatic carbocycles. The Hall–Kier alpha value is -3.97. The van der Waals surface area contributed by atoms with E-state index in [0.717, 1.165) is 27.8 Å². The molecule has 0 saturated heterocycles. The van der Waals surface area contributed by atoms with E-state index in [9.17, 15) is 4.39 Å². The van der Waals surface area contributed by atoms with Gasteiger partial charge in [-0.25, -0.2) is 8.78 Å². The van der Waals surface area contributed by atoms with E-state index >= 15 is 4.39 Å². The molecule has 0 heterocycles. The highest BCUT2D eigenvalue weighted by atomic mass is 19.1. The monoisotopic (exact) mass is 425 g/mol. The quantitative estimate of drug-likeness (QED) is 0.299. The molecule has 0 radical (unpaired) electrons. The maximum Gasteiger partial charge on any atom is 0.141 e. The van der Waals surface area contributed by atoms with E-state index in [0.29, 0.717) is 30.4 Å². The van der Waals surface area contributed by atoms with Gasteiger partial charge in [0.2, 0.25) is 0 Å². The van der Waals surface area contributed by atoms with Crippen molar-refractivity contribution in [3.05, 3.63) is 114 Å². The first-order valence-electron chi connectivity index (χ1n) is 10.3. The normalized spacial score (nSPS) is 10.7. The van der Waals surface area contributed by atoms with Crippen molar-refractivity contribution in [2.75, 3.05) is 6.61 Å². The average molecular weight is 425 g/mol. The van der Waals surface area contributed by atoms with E-state index in [2.05, 4.69) is 6.58 Å². The molecule has 0 aromatic heterocycles. The summed E-state index contributed by atoms with van der Waals surface area (Å²) in [7, 11) is 0. The largest absolute Gasteiger partial charge is 0.490 e. The molecule has 0 bridgehead atoms. The SMILES string of the molecule is C=CCOc1ccc(-c2ccc3c(F)c(CCc4ccc(C#N)c(F)c4)ccc3c2)cc1. The molecule has 0 saturated carbocycles. The molecule has 158 valence electrons. The Morgan fingerprint density at radius 1 is 0.875 bits per heavy atom. The average Bonchev–Trinajstić information content (AvgIpc) is 2.82. The molecular weight excluding hydrogens is 404 g/mol. The molecule has 4 rings (SSSR count). The minimum atomic E-state index is -0.545. The number of nitriles is 1. The van der Waals surface area contributed by atoms with E-state index < -0.39 is 5.82 Å². The van der Waals surface area contributed by atoms with Gasteiger partial charge in [-0.15, -0.1) is 0 Å². The van der Waals surface area contributed by atoms with E-state index in [1.165, 1.54) is 12.1 Å². The second-order valence-corrected chi connectivity index (χ2v) is 7.52. The van der Waals surface area contributed by atoms with Crippen molar-refractivity contribution in [3.8, 4) is 22.9 Å². The summed E-state index contributed by atoms with van der Waals surface area (Å²) in [5, 5.41) is 10.2. The van der Waals surface area contributed by atoms with Crippen LogP contribution in [0.2, 0.25) is 0 Å². The van der Waals surface area contributed by atoms with Gasteiger partial charge in [0, 0.05) is 5.39 Å². The van der Waals surface area contributed by atoms with Crippen LogP contribution in [0.4, 0.5) is 8.78 Å². The maximum atomic E-state index is 15.1. The van der Waals surface area contributed by atoms with Crippen LogP contribution in [0.25, 0.3) is 21.9 Å². The summed E-state index contributed by atoms with van der Waals surface area (Å²) < 4.78 is 34.5. The van der Waals surface area contributed by atoms with Gasteiger partial charge in [-0.2, -0.15) is 5.26 Å². The van der Waals surface area contributed by atoms with Crippen LogP contribution in [0.15, 0.2) is 85.5 Å². The molecule has 0 aliphatic heterocycles. The van der Waals surface area contributed by atoms with Crippen molar-refractivity contribution < 1.29 is 13.5 Å². The van der Waals surface area contributed by atoms with Crippen molar-refractivity contribution in [1.82, 2.24) is 0 Å². The third-order valence-corrected chi connectivity index (χ3v) is 5.43. The van der Waals surface area contributed by atoms with E-state index in [1.807, 2.05) is 48.5 Å². The molecule has 0 atom stereocenters. The molecule has 0 unspecified atom stereocenters. The molecule has 0 aliphatic rings. The smallest absolute Gasteiger partial charge is 0.141 e. The van der Waals surface area contributed by atoms with Crippen LogP contribution < -0.4 is 4.74 Å². The Bertz CT molecular complexity index is 1320. The van der Waals surface area contributed by atoms with Gasteiger partial charge in [0.05, 0.1) is 5.56 Å². The third-order valence-electron chi connectivity index (χ3n) is 5.43. The number of fused-ring (bicyclic) bond motifs is 1. The van der Waals surface area contributed by atoms with Crippen molar-refractivity contribution >= 4 is 10.8 Å². The standard InChI is InChI=1S/C28H21F2NO/c1-2-15-32-25-12-9-20(10-13-25)22-11-14-26-23(17-22)8-7-21(28(26)30)5-3-19-4-6-24(18-31)27(29)16-19/h2,4,6-14,16-17H,1,3,5,15H2. The molecule has 4 aromatic rings. The maximum absolute atomic E-state index is 15.1. The first kappa shape index (κ1) is 21.3. The Morgan fingerprint density at radius 2 is 1.66 bits per heavy atom. The summed E-state index contributed by atoms with van der Waals surface area (Å²) in [4.78, 5) is 0. The Balaban J connectivity index is 1.54. The highest BCUT2D eigenvalue weighted by Crippen LogP contribution is 2.29. The van der Waals surface area contributed by atoms with Gasteiger partial charge in [-0.05, 0) is 70.8 Å². The second kappa shape index (κ2) is 9.45. The number of aryl methyl sites for hydroxylation is 2. The zero-order valence-electron chi connectivity index (χ0n) is 17.4. The fraction of sp³-hybridized carbons (Fsp3) is 0.107. The molecule has 2 nitrogen and oxygen atoms in total. The number of hydrogen-bond acceptors (Lipinski definition) is 2. The van der Waals surface area contributed by atoms with Gasteiger partial charge in [-0.1, -0.05) is 55.1 Å². The van der Waals surface area contributed by atoms with E-state index in [4.69, 9.17) is 10.00 Å². The molecule has 0 fully saturated rings. The summed E-state index contributed by atoms with van der Waals surface area (Å²) >= 11 is 0. The van der Waals surface area contributed by atoms with Gasteiger partial charge in [0.15, 0.2) is 0 Å². The fourth-order valence-corrected chi connectivity index (χ4v) is 3.69. The van der Waals surface area contributed by atoms with Crippen LogP contribution in [-0.4, -0.2) is 6.61 Å². The summed E-state index contributed by atoms with van der Waals surface area (Å²) in [5.41, 5.74) is 3.34. The summed E-state index contributed by atoms with van der Waals surface area (Å²) in [6.07, 6.45) is 2.63. The minimum Gasteiger partial charge on any atom is -0.490 e. The summed E-state index contributed by atoms with van der Waals surface area (Å²) in [5.74, 6) is -0.0274. The van der Waals surface area contributed by atoms with Crippen LogP contribution in [0.3, 0.4) is 0 Å². The Kier molecular flexibility index (Phi) is 6.28. The summed E-state index contributed by atoms with van der Waals surface area (Å²) in [6, 6.07) is 23.4. The summed E-state index contributed by atoms with van der Waals surface area (Å²) in [6.45, 7) is 4.09. The van der Waals surface area contributed by atoms with E-state index in [-0.39, 0.29) is 11.4 Å². The van der Waals surface area contributed by atoms with Crippen LogP contribution in [0.5, 0.6) is 5.75 Å². The zero-order valence-corrected chi connectivity index (χ0v) is 17.4. The van der Waals surface area contributed by atoms with Crippen LogP contribution in [0.1, 0.15) is 16.7 Å². The Labute approximate surface area is 186 Å². The lowest BCUT2D eigenvalue weighted by atomic mass is 9.97. The highest BCUT2D eigenvalue weighted by molar-refractivity contribution is 5.88. The first-order chi connectivity index (χ1) is 15.6. The molecule has 4 heteroatoms. The number of nitrogens with zero attached hydrogens (tertiary/aromatic N) is 1. The number of benzene rings is 4. The van der Waals surface area contributed by atoms with Gasteiger partial charge < -0.3 is 4.74 Å². The molecule has 0 aliphatic carbocycles. The molecule has 0 N–H and O–H groups in total. The predicted octanol–water partition coefficient (Wildman–Crippen LogP) is 7.01. The van der Waals surface area contributed by atoms with Crippen molar-refractivity contribution in [2.45, 2.75) is 12.8 Å². The van der Waals surface area contributed by atoms with Crippen LogP contribution in [-0.2, 0) is 12.8 Å². The molecule has 0 amide bonds. The van der Waals surface area contributed by atoms with E-state index in [1.54, 1.807) is 24.3 Å². The topological polar surface area (TPSA) is 33.0 Å². The number of rotatable bonds is 7. The lowest BCUT2D eigenvalue weighted by molar-refractivity contribution is 0.363. The van der Waals surface area contributed by atoms with Crippen molar-refractivity contribution in [3.63, 3.8) is 0 Å². The lowest BCUT2D eigenvalue weighted by Gasteiger charge is -2.10. The third kappa shape index (κ3) is 4.53. The molecular formula is C28H21F2NO. The van der Waals surface area contributed by atoms with Crippen molar-refractivity contribution in [2.24, 2.45) is 0 Å². The van der Waals surface area contributed by atoms with Crippen LogP contribution in [0, 0.1) is 23.0 Å². The Morgan fingerprint density at radius 3 is 2.38 bits per heavy atom. The number of hydrogen-bond donors (Lipinski definition) is 0. The predicted molar refractivity (Wildman–Crippen MR) is 124 cm³/mol. The van der Waals surface area contributed by atoms with Gasteiger partial charge in [0.1, 0.15) is 30.1 Å². The lowest BCUT2D eigenvalue weighted by Crippen LogP contribution is -1.97. The highest BCUT2D eigenvalue weighted by Gasteiger charge is 2.10. The van der Waals surface area contributed by atoms with Gasteiger partial charge in [-0.3, -0.25) is 0 Å². The van der Waals surface area contributed by atoms with Crippen LogP contribution >= 0.6 is 0 Å². The number of halogens is 2. The number of ether oxygens (including phenoxy) is 1. The molecule has 0 spiro atoms. The first-order valence-corrected chi connectivity index (χ1v) is 10.3. The van der Waals surface area contributed by atoms with Crippen molar-refractivity contribution in [1.29, 1.82) is 5.26 Å².